The normalized spacial score (nSPS) is 17.3. The maximum atomic E-state index is 12.2. The Morgan fingerprint density at radius 3 is 2.28 bits per heavy atom. The van der Waals surface area contributed by atoms with Crippen molar-refractivity contribution in [2.24, 2.45) is 11.3 Å². The molecule has 0 aromatic rings. The predicted octanol–water partition coefficient (Wildman–Crippen LogP) is 2.52. The quantitative estimate of drug-likeness (QED) is 0.793. The molecule has 4 nitrogen and oxygen atoms in total. The van der Waals surface area contributed by atoms with Crippen LogP contribution in [0.2, 0.25) is 0 Å². The molecule has 1 unspecified atom stereocenters. The van der Waals surface area contributed by atoms with Gasteiger partial charge in [0.25, 0.3) is 0 Å². The Bertz CT molecular complexity index is 315. The lowest BCUT2D eigenvalue weighted by Crippen LogP contribution is -2.37. The molecular weight excluding hydrogens is 230 g/mol. The van der Waals surface area contributed by atoms with E-state index in [1.807, 2.05) is 0 Å². The first-order valence-electron chi connectivity index (χ1n) is 6.73. The highest BCUT2D eigenvalue weighted by molar-refractivity contribution is 5.78. The van der Waals surface area contributed by atoms with Crippen LogP contribution in [-0.2, 0) is 9.59 Å². The lowest BCUT2D eigenvalue weighted by molar-refractivity contribution is -0.139. The van der Waals surface area contributed by atoms with Crippen molar-refractivity contribution in [3.8, 4) is 0 Å². The fourth-order valence-electron chi connectivity index (χ4n) is 1.80. The minimum absolute atomic E-state index is 0.0478. The van der Waals surface area contributed by atoms with Crippen LogP contribution < -0.4 is 0 Å². The molecule has 0 bridgehead atoms. The summed E-state index contributed by atoms with van der Waals surface area (Å²) in [6, 6.07) is 0.295. The van der Waals surface area contributed by atoms with Crippen molar-refractivity contribution >= 4 is 11.9 Å². The third-order valence-electron chi connectivity index (χ3n) is 3.83. The second-order valence-corrected chi connectivity index (χ2v) is 6.43. The highest BCUT2D eigenvalue weighted by atomic mass is 16.4. The molecule has 0 spiro atoms. The summed E-state index contributed by atoms with van der Waals surface area (Å²) in [7, 11) is 0. The van der Waals surface area contributed by atoms with Gasteiger partial charge in [0.15, 0.2) is 0 Å². The number of hydrogen-bond acceptors (Lipinski definition) is 2. The van der Waals surface area contributed by atoms with Crippen molar-refractivity contribution in [3.05, 3.63) is 0 Å². The fraction of sp³-hybridized carbons (Fsp3) is 0.857. The number of amides is 1. The van der Waals surface area contributed by atoms with Gasteiger partial charge in [-0.1, -0.05) is 27.7 Å². The monoisotopic (exact) mass is 255 g/mol. The number of carbonyl (C=O) groups is 2. The number of carbonyl (C=O) groups excluding carboxylic acids is 1. The van der Waals surface area contributed by atoms with Gasteiger partial charge in [0.1, 0.15) is 0 Å². The molecule has 1 aliphatic carbocycles. The first kappa shape index (κ1) is 15.0. The van der Waals surface area contributed by atoms with E-state index in [1.54, 1.807) is 4.90 Å². The Hall–Kier alpha value is -1.06. The summed E-state index contributed by atoms with van der Waals surface area (Å²) >= 11 is 0. The van der Waals surface area contributed by atoms with Gasteiger partial charge < -0.3 is 10.0 Å². The van der Waals surface area contributed by atoms with Gasteiger partial charge in [-0.15, -0.1) is 0 Å². The molecule has 18 heavy (non-hydrogen) atoms. The molecule has 0 aliphatic heterocycles. The number of carboxylic acid groups (broad SMARTS) is 1. The zero-order valence-electron chi connectivity index (χ0n) is 11.9. The van der Waals surface area contributed by atoms with Crippen LogP contribution in [0.3, 0.4) is 0 Å². The van der Waals surface area contributed by atoms with Crippen LogP contribution in [0.4, 0.5) is 0 Å². The lowest BCUT2D eigenvalue weighted by atomic mass is 9.80. The molecule has 0 aromatic heterocycles. The molecule has 0 saturated heterocycles. The van der Waals surface area contributed by atoms with Crippen LogP contribution in [0.1, 0.15) is 53.4 Å². The van der Waals surface area contributed by atoms with Gasteiger partial charge in [-0.25, -0.2) is 0 Å². The van der Waals surface area contributed by atoms with E-state index in [0.29, 0.717) is 24.9 Å². The zero-order valence-corrected chi connectivity index (χ0v) is 11.9. The van der Waals surface area contributed by atoms with E-state index in [9.17, 15) is 9.59 Å². The molecule has 0 heterocycles. The van der Waals surface area contributed by atoms with E-state index >= 15 is 0 Å². The molecular formula is C14H25NO3. The van der Waals surface area contributed by atoms with Crippen molar-refractivity contribution in [2.75, 3.05) is 6.54 Å². The lowest BCUT2D eigenvalue weighted by Gasteiger charge is -2.30. The molecule has 1 saturated carbocycles. The van der Waals surface area contributed by atoms with Gasteiger partial charge in [0, 0.05) is 19.0 Å². The van der Waals surface area contributed by atoms with Gasteiger partial charge in [0.2, 0.25) is 5.91 Å². The highest BCUT2D eigenvalue weighted by Crippen LogP contribution is 2.32. The first-order chi connectivity index (χ1) is 8.21. The molecule has 0 aromatic carbocycles. The van der Waals surface area contributed by atoms with Crippen molar-refractivity contribution in [2.45, 2.75) is 59.4 Å². The maximum absolute atomic E-state index is 12.2. The number of aliphatic carboxylic acids is 1. The van der Waals surface area contributed by atoms with E-state index in [2.05, 4.69) is 27.7 Å². The average molecular weight is 255 g/mol. The molecule has 1 rings (SSSR count). The Labute approximate surface area is 109 Å². The zero-order chi connectivity index (χ0) is 13.9. The van der Waals surface area contributed by atoms with Crippen molar-refractivity contribution in [3.63, 3.8) is 0 Å². The number of nitrogens with zero attached hydrogens (tertiary/aromatic N) is 1. The highest BCUT2D eigenvalue weighted by Gasteiger charge is 2.34. The van der Waals surface area contributed by atoms with Gasteiger partial charge in [-0.3, -0.25) is 9.59 Å². The fourth-order valence-corrected chi connectivity index (χ4v) is 1.80. The molecule has 104 valence electrons. The minimum Gasteiger partial charge on any atom is -0.481 e. The van der Waals surface area contributed by atoms with Crippen molar-refractivity contribution in [1.82, 2.24) is 4.90 Å². The summed E-state index contributed by atoms with van der Waals surface area (Å²) in [5.74, 6) is -0.422. The number of carboxylic acids is 1. The van der Waals surface area contributed by atoms with Crippen LogP contribution in [0, 0.1) is 11.3 Å². The van der Waals surface area contributed by atoms with Gasteiger partial charge >= 0.3 is 5.97 Å². The minimum atomic E-state index is -0.836. The third-order valence-corrected chi connectivity index (χ3v) is 3.83. The van der Waals surface area contributed by atoms with Crippen molar-refractivity contribution in [1.29, 1.82) is 0 Å². The van der Waals surface area contributed by atoms with Crippen LogP contribution in [0.5, 0.6) is 0 Å². The van der Waals surface area contributed by atoms with E-state index in [-0.39, 0.29) is 17.7 Å². The van der Waals surface area contributed by atoms with Gasteiger partial charge in [0.05, 0.1) is 6.42 Å². The Morgan fingerprint density at radius 1 is 1.33 bits per heavy atom. The standard InChI is InChI=1S/C14H25NO3/c1-10(14(2,3)4)9-12(16)15(11-5-6-11)8-7-13(17)18/h10-11H,5-9H2,1-4H3,(H,17,18). The largest absolute Gasteiger partial charge is 0.481 e. The van der Waals surface area contributed by atoms with E-state index < -0.39 is 5.97 Å². The maximum Gasteiger partial charge on any atom is 0.305 e. The van der Waals surface area contributed by atoms with Crippen LogP contribution in [-0.4, -0.2) is 34.5 Å². The summed E-state index contributed by atoms with van der Waals surface area (Å²) < 4.78 is 0. The molecule has 1 N–H and O–H groups in total. The van der Waals surface area contributed by atoms with Crippen LogP contribution >= 0.6 is 0 Å². The smallest absolute Gasteiger partial charge is 0.305 e. The molecule has 0 radical (unpaired) electrons. The average Bonchev–Trinajstić information content (AvgIpc) is 3.00. The SMILES string of the molecule is CC(CC(=O)N(CCC(=O)O)C1CC1)C(C)(C)C. The topological polar surface area (TPSA) is 57.6 Å². The summed E-state index contributed by atoms with van der Waals surface area (Å²) in [4.78, 5) is 24.6. The van der Waals surface area contributed by atoms with Gasteiger partial charge in [-0.2, -0.15) is 0 Å². The molecule has 1 fully saturated rings. The Balaban J connectivity index is 2.52. The predicted molar refractivity (Wildman–Crippen MR) is 70.2 cm³/mol. The number of rotatable bonds is 6. The molecule has 1 aliphatic rings. The molecule has 4 heteroatoms. The van der Waals surface area contributed by atoms with Gasteiger partial charge in [-0.05, 0) is 24.2 Å². The van der Waals surface area contributed by atoms with Crippen LogP contribution in [0.25, 0.3) is 0 Å². The van der Waals surface area contributed by atoms with Crippen LogP contribution in [0.15, 0.2) is 0 Å². The summed E-state index contributed by atoms with van der Waals surface area (Å²) in [6.45, 7) is 8.83. The number of hydrogen-bond donors (Lipinski definition) is 1. The first-order valence-corrected chi connectivity index (χ1v) is 6.73. The van der Waals surface area contributed by atoms with Crippen molar-refractivity contribution < 1.29 is 14.7 Å². The Morgan fingerprint density at radius 2 is 1.89 bits per heavy atom. The van der Waals surface area contributed by atoms with E-state index in [1.165, 1.54) is 0 Å². The second kappa shape index (κ2) is 5.72. The van der Waals surface area contributed by atoms with E-state index in [0.717, 1.165) is 12.8 Å². The Kier molecular flexibility index (Phi) is 4.77. The second-order valence-electron chi connectivity index (χ2n) is 6.43. The third kappa shape index (κ3) is 4.67. The summed E-state index contributed by atoms with van der Waals surface area (Å²) in [5.41, 5.74) is 0.109. The summed E-state index contributed by atoms with van der Waals surface area (Å²) in [5, 5.41) is 8.72. The molecule has 1 atom stereocenters. The molecule has 1 amide bonds. The van der Waals surface area contributed by atoms with E-state index in [4.69, 9.17) is 5.11 Å². The summed E-state index contributed by atoms with van der Waals surface area (Å²) in [6.07, 6.45) is 2.61.